The molecule has 0 fully saturated rings. The molecule has 1 unspecified atom stereocenters. The molecule has 1 atom stereocenters. The minimum atomic E-state index is -1.50. The van der Waals surface area contributed by atoms with Gasteiger partial charge >= 0.3 is 5.97 Å². The third-order valence-electron chi connectivity index (χ3n) is 4.69. The van der Waals surface area contributed by atoms with E-state index in [1.165, 1.54) is 19.2 Å². The van der Waals surface area contributed by atoms with Crippen molar-refractivity contribution in [3.63, 3.8) is 0 Å². The van der Waals surface area contributed by atoms with Crippen molar-refractivity contribution >= 4 is 17.4 Å². The van der Waals surface area contributed by atoms with E-state index < -0.39 is 16.5 Å². The molecule has 2 heterocycles. The normalized spacial score (nSPS) is 19.7. The SMILES string of the molecule is COC(=O)C1(Cc2cc3c(cc2[N+](=O)[O-])OCO3)CC(c2ccccc2)=NO1. The third-order valence-corrected chi connectivity index (χ3v) is 4.69. The van der Waals surface area contributed by atoms with Crippen LogP contribution in [0.4, 0.5) is 5.69 Å². The molecular formula is C19H16N2O7. The number of esters is 1. The van der Waals surface area contributed by atoms with Crippen molar-refractivity contribution in [2.24, 2.45) is 5.16 Å². The van der Waals surface area contributed by atoms with E-state index in [4.69, 9.17) is 19.0 Å². The predicted molar refractivity (Wildman–Crippen MR) is 96.4 cm³/mol. The number of ether oxygens (including phenoxy) is 3. The largest absolute Gasteiger partial charge is 0.466 e. The average molecular weight is 384 g/mol. The molecule has 0 saturated heterocycles. The molecule has 0 radical (unpaired) electrons. The number of nitrogens with zero attached hydrogens (tertiary/aromatic N) is 2. The highest BCUT2D eigenvalue weighted by atomic mass is 16.7. The van der Waals surface area contributed by atoms with Gasteiger partial charge in [-0.2, -0.15) is 0 Å². The maximum atomic E-state index is 12.6. The van der Waals surface area contributed by atoms with E-state index in [9.17, 15) is 14.9 Å². The monoisotopic (exact) mass is 384 g/mol. The number of oxime groups is 1. The highest BCUT2D eigenvalue weighted by Gasteiger charge is 2.49. The van der Waals surface area contributed by atoms with Gasteiger partial charge in [-0.3, -0.25) is 10.1 Å². The average Bonchev–Trinajstić information content (AvgIpc) is 3.34. The molecule has 0 bridgehead atoms. The van der Waals surface area contributed by atoms with Gasteiger partial charge in [-0.05, 0) is 11.6 Å². The quantitative estimate of drug-likeness (QED) is 0.443. The molecule has 0 aliphatic carbocycles. The lowest BCUT2D eigenvalue weighted by Crippen LogP contribution is -2.42. The van der Waals surface area contributed by atoms with E-state index in [1.54, 1.807) is 0 Å². The fourth-order valence-corrected chi connectivity index (χ4v) is 3.32. The van der Waals surface area contributed by atoms with Crippen LogP contribution in [0.5, 0.6) is 11.5 Å². The number of nitro groups is 1. The Morgan fingerprint density at radius 2 is 1.96 bits per heavy atom. The van der Waals surface area contributed by atoms with Crippen LogP contribution in [0.3, 0.4) is 0 Å². The minimum Gasteiger partial charge on any atom is -0.466 e. The Kier molecular flexibility index (Phi) is 4.34. The lowest BCUT2D eigenvalue weighted by atomic mass is 9.87. The number of rotatable bonds is 5. The number of hydrogen-bond acceptors (Lipinski definition) is 8. The molecule has 2 aromatic carbocycles. The first kappa shape index (κ1) is 17.8. The zero-order valence-electron chi connectivity index (χ0n) is 14.9. The number of benzene rings is 2. The summed E-state index contributed by atoms with van der Waals surface area (Å²) in [5.74, 6) is 0.00749. The van der Waals surface area contributed by atoms with Gasteiger partial charge < -0.3 is 19.0 Å². The molecule has 28 heavy (non-hydrogen) atoms. The summed E-state index contributed by atoms with van der Waals surface area (Å²) < 4.78 is 15.5. The van der Waals surface area contributed by atoms with Crippen LogP contribution in [0, 0.1) is 10.1 Å². The van der Waals surface area contributed by atoms with Crippen molar-refractivity contribution < 1.29 is 28.8 Å². The highest BCUT2D eigenvalue weighted by molar-refractivity contribution is 6.04. The Morgan fingerprint density at radius 1 is 1.25 bits per heavy atom. The van der Waals surface area contributed by atoms with Crippen LogP contribution in [0.1, 0.15) is 17.5 Å². The topological polar surface area (TPSA) is 109 Å². The number of nitro benzene ring substituents is 1. The van der Waals surface area contributed by atoms with Crippen molar-refractivity contribution in [2.75, 3.05) is 13.9 Å². The Morgan fingerprint density at radius 3 is 2.64 bits per heavy atom. The lowest BCUT2D eigenvalue weighted by Gasteiger charge is -2.23. The molecule has 0 saturated carbocycles. The molecule has 0 amide bonds. The Hall–Kier alpha value is -3.62. The smallest absolute Gasteiger partial charge is 0.353 e. The third kappa shape index (κ3) is 3.00. The van der Waals surface area contributed by atoms with Crippen LogP contribution < -0.4 is 9.47 Å². The molecule has 0 N–H and O–H groups in total. The van der Waals surface area contributed by atoms with E-state index in [0.29, 0.717) is 11.5 Å². The molecule has 2 aliphatic rings. The van der Waals surface area contributed by atoms with E-state index in [2.05, 4.69) is 5.16 Å². The van der Waals surface area contributed by atoms with Crippen molar-refractivity contribution in [1.82, 2.24) is 0 Å². The van der Waals surface area contributed by atoms with Gasteiger partial charge in [-0.25, -0.2) is 4.79 Å². The van der Waals surface area contributed by atoms with E-state index in [1.807, 2.05) is 30.3 Å². The Bertz CT molecular complexity index is 974. The highest BCUT2D eigenvalue weighted by Crippen LogP contribution is 2.41. The summed E-state index contributed by atoms with van der Waals surface area (Å²) >= 11 is 0. The molecule has 4 rings (SSSR count). The number of carbonyl (C=O) groups is 1. The lowest BCUT2D eigenvalue weighted by molar-refractivity contribution is -0.385. The summed E-state index contributed by atoms with van der Waals surface area (Å²) in [6, 6.07) is 12.0. The van der Waals surface area contributed by atoms with Crippen LogP contribution in [0.2, 0.25) is 0 Å². The van der Waals surface area contributed by atoms with Crippen molar-refractivity contribution in [1.29, 1.82) is 0 Å². The molecule has 2 aromatic rings. The second-order valence-electron chi connectivity index (χ2n) is 6.43. The van der Waals surface area contributed by atoms with Crippen LogP contribution >= 0.6 is 0 Å². The van der Waals surface area contributed by atoms with Crippen molar-refractivity contribution in [2.45, 2.75) is 18.4 Å². The number of methoxy groups -OCH3 is 1. The first-order valence-electron chi connectivity index (χ1n) is 8.48. The van der Waals surface area contributed by atoms with E-state index in [0.717, 1.165) is 5.56 Å². The zero-order chi connectivity index (χ0) is 19.7. The zero-order valence-corrected chi connectivity index (χ0v) is 14.9. The predicted octanol–water partition coefficient (Wildman–Crippen LogP) is 2.60. The van der Waals surface area contributed by atoms with Gasteiger partial charge in [-0.15, -0.1) is 0 Å². The summed E-state index contributed by atoms with van der Waals surface area (Å²) in [6.45, 7) is -0.0180. The summed E-state index contributed by atoms with van der Waals surface area (Å²) in [7, 11) is 1.24. The summed E-state index contributed by atoms with van der Waals surface area (Å²) in [4.78, 5) is 29.1. The molecule has 9 heteroatoms. The molecular weight excluding hydrogens is 368 g/mol. The van der Waals surface area contributed by atoms with Crippen LogP contribution in [0.15, 0.2) is 47.6 Å². The van der Waals surface area contributed by atoms with Crippen LogP contribution in [-0.4, -0.2) is 36.1 Å². The number of fused-ring (bicyclic) bond motifs is 1. The Labute approximate surface area is 159 Å². The van der Waals surface area contributed by atoms with E-state index >= 15 is 0 Å². The molecule has 0 spiro atoms. The van der Waals surface area contributed by atoms with Gasteiger partial charge in [0.15, 0.2) is 11.5 Å². The Balaban J connectivity index is 1.70. The van der Waals surface area contributed by atoms with Gasteiger partial charge in [0.1, 0.15) is 0 Å². The van der Waals surface area contributed by atoms with Gasteiger partial charge in [-0.1, -0.05) is 35.5 Å². The standard InChI is InChI=1S/C19H16N2O7/c1-25-18(22)19(10-14(20-28-19)12-5-3-2-4-6-12)9-13-7-16-17(27-11-26-16)8-15(13)21(23)24/h2-8H,9-11H2,1H3. The maximum absolute atomic E-state index is 12.6. The van der Waals surface area contributed by atoms with E-state index in [-0.39, 0.29) is 36.6 Å². The van der Waals surface area contributed by atoms with Gasteiger partial charge in [0, 0.05) is 18.4 Å². The minimum absolute atomic E-state index is 0.0180. The number of hydrogen-bond donors (Lipinski definition) is 0. The first-order chi connectivity index (χ1) is 13.5. The van der Waals surface area contributed by atoms with Gasteiger partial charge in [0.05, 0.1) is 23.8 Å². The van der Waals surface area contributed by atoms with Gasteiger partial charge in [0.25, 0.3) is 5.69 Å². The maximum Gasteiger partial charge on any atom is 0.353 e. The first-order valence-corrected chi connectivity index (χ1v) is 8.48. The summed E-state index contributed by atoms with van der Waals surface area (Å²) in [6.07, 6.45) is 0.0156. The molecule has 144 valence electrons. The molecule has 0 aromatic heterocycles. The second-order valence-corrected chi connectivity index (χ2v) is 6.43. The summed E-state index contributed by atoms with van der Waals surface area (Å²) in [5, 5.41) is 15.6. The van der Waals surface area contributed by atoms with Crippen LogP contribution in [-0.2, 0) is 20.8 Å². The summed E-state index contributed by atoms with van der Waals surface area (Å²) in [5.41, 5.74) is -0.0606. The number of carbonyl (C=O) groups excluding carboxylic acids is 1. The fraction of sp³-hybridized carbons (Fsp3) is 0.263. The van der Waals surface area contributed by atoms with Crippen molar-refractivity contribution in [3.8, 4) is 11.5 Å². The van der Waals surface area contributed by atoms with Crippen LogP contribution in [0.25, 0.3) is 0 Å². The fourth-order valence-electron chi connectivity index (χ4n) is 3.32. The molecule has 2 aliphatic heterocycles. The second kappa shape index (κ2) is 6.84. The molecule has 9 nitrogen and oxygen atoms in total. The van der Waals surface area contributed by atoms with Gasteiger partial charge in [0.2, 0.25) is 12.4 Å². The van der Waals surface area contributed by atoms with Crippen molar-refractivity contribution in [3.05, 3.63) is 63.7 Å².